The first-order chi connectivity index (χ1) is 7.10. The van der Waals surface area contributed by atoms with Crippen molar-refractivity contribution in [3.8, 4) is 0 Å². The molecule has 1 fully saturated rings. The van der Waals surface area contributed by atoms with Crippen molar-refractivity contribution in [1.29, 1.82) is 0 Å². The van der Waals surface area contributed by atoms with Crippen molar-refractivity contribution in [3.05, 3.63) is 35.4 Å². The van der Waals surface area contributed by atoms with Crippen LogP contribution in [0.5, 0.6) is 0 Å². The first-order valence-corrected chi connectivity index (χ1v) is 6.56. The van der Waals surface area contributed by atoms with Gasteiger partial charge >= 0.3 is 0 Å². The molecule has 0 bridgehead atoms. The molecule has 2 atom stereocenters. The molecule has 0 spiro atoms. The lowest BCUT2D eigenvalue weighted by molar-refractivity contribution is 0.0471. The topological polar surface area (TPSA) is 20.2 Å². The molecule has 0 radical (unpaired) electrons. The van der Waals surface area contributed by atoms with Gasteiger partial charge in [-0.1, -0.05) is 36.8 Å². The van der Waals surface area contributed by atoms with Crippen LogP contribution in [0.2, 0.25) is 0 Å². The molecule has 15 heavy (non-hydrogen) atoms. The smallest absolute Gasteiger partial charge is 0.0987 e. The summed E-state index contributed by atoms with van der Waals surface area (Å²) in [5.41, 5.74) is 1.72. The minimum Gasteiger partial charge on any atom is -0.384 e. The van der Waals surface area contributed by atoms with Crippen molar-refractivity contribution >= 4 is 11.8 Å². The fourth-order valence-electron chi connectivity index (χ4n) is 2.04. The van der Waals surface area contributed by atoms with Gasteiger partial charge < -0.3 is 5.11 Å². The Labute approximate surface area is 95.9 Å². The first kappa shape index (κ1) is 11.0. The number of benzene rings is 1. The number of rotatable bonds is 1. The van der Waals surface area contributed by atoms with Gasteiger partial charge in [-0.15, -0.1) is 0 Å². The molecule has 1 aromatic carbocycles. The third-order valence-electron chi connectivity index (χ3n) is 3.13. The summed E-state index contributed by atoms with van der Waals surface area (Å²) in [4.78, 5) is 0. The maximum absolute atomic E-state index is 10.6. The van der Waals surface area contributed by atoms with Gasteiger partial charge in [-0.3, -0.25) is 0 Å². The fourth-order valence-corrected chi connectivity index (χ4v) is 3.20. The monoisotopic (exact) mass is 222 g/mol. The number of thioether (sulfide) groups is 1. The highest BCUT2D eigenvalue weighted by atomic mass is 32.2. The van der Waals surface area contributed by atoms with Crippen LogP contribution < -0.4 is 0 Å². The van der Waals surface area contributed by atoms with Crippen LogP contribution in [0, 0.1) is 6.92 Å². The molecular formula is C13H18OS. The van der Waals surface area contributed by atoms with Crippen LogP contribution in [-0.2, 0) is 5.60 Å². The fraction of sp³-hybridized carbons (Fsp3) is 0.538. The van der Waals surface area contributed by atoms with Crippen LogP contribution in [0.4, 0.5) is 0 Å². The van der Waals surface area contributed by atoms with Crippen molar-refractivity contribution < 1.29 is 5.11 Å². The summed E-state index contributed by atoms with van der Waals surface area (Å²) in [5.74, 6) is 0.831. The lowest BCUT2D eigenvalue weighted by Crippen LogP contribution is -2.34. The van der Waals surface area contributed by atoms with Crippen LogP contribution in [0.15, 0.2) is 24.3 Å². The minimum absolute atomic E-state index is 0.594. The highest BCUT2D eigenvalue weighted by Gasteiger charge is 2.33. The maximum Gasteiger partial charge on any atom is 0.0987 e. The molecule has 0 aromatic heterocycles. The molecule has 1 aliphatic rings. The predicted molar refractivity (Wildman–Crippen MR) is 66.2 cm³/mol. The number of hydrogen-bond donors (Lipinski definition) is 1. The summed E-state index contributed by atoms with van der Waals surface area (Å²) in [7, 11) is 0. The van der Waals surface area contributed by atoms with Gasteiger partial charge in [0.25, 0.3) is 0 Å². The molecule has 0 saturated carbocycles. The summed E-state index contributed by atoms with van der Waals surface area (Å²) < 4.78 is 0. The number of aryl methyl sites for hydroxylation is 1. The second-order valence-electron chi connectivity index (χ2n) is 4.56. The van der Waals surface area contributed by atoms with E-state index in [4.69, 9.17) is 0 Å². The maximum atomic E-state index is 10.6. The third-order valence-corrected chi connectivity index (χ3v) is 4.58. The summed E-state index contributed by atoms with van der Waals surface area (Å²) in [6, 6.07) is 8.26. The van der Waals surface area contributed by atoms with Gasteiger partial charge in [-0.2, -0.15) is 11.8 Å². The molecule has 0 unspecified atom stereocenters. The number of hydrogen-bond acceptors (Lipinski definition) is 2. The quantitative estimate of drug-likeness (QED) is 0.788. The second-order valence-corrected chi connectivity index (χ2v) is 5.99. The van der Waals surface area contributed by atoms with Crippen molar-refractivity contribution in [1.82, 2.24) is 0 Å². The van der Waals surface area contributed by atoms with E-state index in [9.17, 15) is 5.11 Å². The Morgan fingerprint density at radius 1 is 1.47 bits per heavy atom. The van der Waals surface area contributed by atoms with Gasteiger partial charge in [0.15, 0.2) is 0 Å². The normalized spacial score (nSPS) is 31.5. The number of aliphatic hydroxyl groups is 1. The van der Waals surface area contributed by atoms with Crippen LogP contribution >= 0.6 is 11.8 Å². The highest BCUT2D eigenvalue weighted by Crippen LogP contribution is 2.38. The van der Waals surface area contributed by atoms with Crippen LogP contribution in [-0.4, -0.2) is 16.1 Å². The third kappa shape index (κ3) is 2.37. The van der Waals surface area contributed by atoms with Gasteiger partial charge in [0.2, 0.25) is 0 Å². The zero-order valence-electron chi connectivity index (χ0n) is 9.36. The summed E-state index contributed by atoms with van der Waals surface area (Å²) >= 11 is 1.88. The average Bonchev–Trinajstić information content (AvgIpc) is 2.23. The summed E-state index contributed by atoms with van der Waals surface area (Å²) in [5, 5.41) is 11.3. The molecular weight excluding hydrogens is 204 g/mol. The Kier molecular flexibility index (Phi) is 3.08. The summed E-state index contributed by atoms with van der Waals surface area (Å²) in [6.45, 7) is 4.31. The van der Waals surface area contributed by atoms with E-state index in [-0.39, 0.29) is 0 Å². The van der Waals surface area contributed by atoms with E-state index < -0.39 is 5.60 Å². The Morgan fingerprint density at radius 3 is 2.87 bits per heavy atom. The van der Waals surface area contributed by atoms with Crippen molar-refractivity contribution in [3.63, 3.8) is 0 Å². The Morgan fingerprint density at radius 2 is 2.27 bits per heavy atom. The van der Waals surface area contributed by atoms with Gasteiger partial charge in [-0.25, -0.2) is 0 Å². The van der Waals surface area contributed by atoms with Crippen molar-refractivity contribution in [2.24, 2.45) is 0 Å². The molecule has 1 N–H and O–H groups in total. The second kappa shape index (κ2) is 4.18. The van der Waals surface area contributed by atoms with E-state index in [0.717, 1.165) is 24.2 Å². The molecule has 2 rings (SSSR count). The lowest BCUT2D eigenvalue weighted by Gasteiger charge is -2.35. The zero-order chi connectivity index (χ0) is 10.9. The van der Waals surface area contributed by atoms with E-state index in [1.807, 2.05) is 23.9 Å². The van der Waals surface area contributed by atoms with Gasteiger partial charge in [0, 0.05) is 11.0 Å². The van der Waals surface area contributed by atoms with E-state index in [1.165, 1.54) is 5.56 Å². The Hall–Kier alpha value is -0.470. The Balaban J connectivity index is 2.22. The van der Waals surface area contributed by atoms with E-state index in [1.54, 1.807) is 0 Å². The molecule has 2 heteroatoms. The molecule has 0 amide bonds. The van der Waals surface area contributed by atoms with Gasteiger partial charge in [-0.05, 0) is 25.3 Å². The predicted octanol–water partition coefficient (Wildman–Crippen LogP) is 3.10. The molecule has 1 saturated heterocycles. The molecule has 1 aliphatic heterocycles. The first-order valence-electron chi connectivity index (χ1n) is 5.51. The summed E-state index contributed by atoms with van der Waals surface area (Å²) in [6.07, 6.45) is 2.00. The average molecular weight is 222 g/mol. The molecule has 82 valence electrons. The SMILES string of the molecule is Cc1cccc([C@]2(O)CC[C@@H](C)SC2)c1. The van der Waals surface area contributed by atoms with E-state index in [0.29, 0.717) is 5.25 Å². The van der Waals surface area contributed by atoms with E-state index >= 15 is 0 Å². The van der Waals surface area contributed by atoms with Gasteiger partial charge in [0.05, 0.1) is 5.60 Å². The van der Waals surface area contributed by atoms with Gasteiger partial charge in [0.1, 0.15) is 0 Å². The molecule has 0 aliphatic carbocycles. The molecule has 1 nitrogen and oxygen atoms in total. The highest BCUT2D eigenvalue weighted by molar-refractivity contribution is 7.99. The van der Waals surface area contributed by atoms with Crippen LogP contribution in [0.1, 0.15) is 30.9 Å². The molecule has 1 aromatic rings. The van der Waals surface area contributed by atoms with Crippen LogP contribution in [0.3, 0.4) is 0 Å². The largest absolute Gasteiger partial charge is 0.384 e. The van der Waals surface area contributed by atoms with Crippen molar-refractivity contribution in [2.45, 2.75) is 37.5 Å². The van der Waals surface area contributed by atoms with Crippen LogP contribution in [0.25, 0.3) is 0 Å². The van der Waals surface area contributed by atoms with E-state index in [2.05, 4.69) is 26.0 Å². The zero-order valence-corrected chi connectivity index (χ0v) is 10.2. The molecule has 1 heterocycles. The minimum atomic E-state index is -0.594. The van der Waals surface area contributed by atoms with Crippen molar-refractivity contribution in [2.75, 3.05) is 5.75 Å². The standard InChI is InChI=1S/C13H18OS/c1-10-4-3-5-12(8-10)13(14)7-6-11(2)15-9-13/h3-5,8,11,14H,6-7,9H2,1-2H3/t11-,13+/m1/s1. The lowest BCUT2D eigenvalue weighted by atomic mass is 9.89. The Bertz CT molecular complexity index is 340.